The molecule has 4 nitrogen and oxygen atoms in total. The number of para-hydroxylation sites is 1. The summed E-state index contributed by atoms with van der Waals surface area (Å²) in [6.45, 7) is 1.96. The van der Waals surface area contributed by atoms with Crippen LogP contribution in [-0.2, 0) is 6.54 Å². The SMILES string of the molecule is Cc1nc2cc(C(=O)N(C)Cc3ccc(F)cc3F)ccc2n1-c1ccccc1. The zero-order chi connectivity index (χ0) is 20.5. The molecule has 0 bridgehead atoms. The lowest BCUT2D eigenvalue weighted by atomic mass is 10.1. The molecule has 0 saturated heterocycles. The van der Waals surface area contributed by atoms with Crippen LogP contribution in [0.5, 0.6) is 0 Å². The fourth-order valence-electron chi connectivity index (χ4n) is 3.43. The topological polar surface area (TPSA) is 38.1 Å². The van der Waals surface area contributed by atoms with Crippen molar-refractivity contribution >= 4 is 16.9 Å². The Labute approximate surface area is 167 Å². The third-order valence-electron chi connectivity index (χ3n) is 4.85. The number of amides is 1. The van der Waals surface area contributed by atoms with E-state index in [2.05, 4.69) is 4.98 Å². The number of nitrogens with zero attached hydrogens (tertiary/aromatic N) is 3. The van der Waals surface area contributed by atoms with E-state index in [1.54, 1.807) is 19.2 Å². The van der Waals surface area contributed by atoms with Crippen molar-refractivity contribution in [2.45, 2.75) is 13.5 Å². The lowest BCUT2D eigenvalue weighted by Gasteiger charge is -2.18. The van der Waals surface area contributed by atoms with Gasteiger partial charge in [-0.05, 0) is 43.3 Å². The molecule has 0 saturated carbocycles. The molecule has 4 aromatic rings. The highest BCUT2D eigenvalue weighted by molar-refractivity contribution is 5.97. The van der Waals surface area contributed by atoms with Crippen molar-refractivity contribution in [1.82, 2.24) is 14.5 Å². The monoisotopic (exact) mass is 391 g/mol. The van der Waals surface area contributed by atoms with Gasteiger partial charge in [0.25, 0.3) is 5.91 Å². The van der Waals surface area contributed by atoms with Crippen LogP contribution < -0.4 is 0 Å². The molecule has 146 valence electrons. The molecule has 0 unspecified atom stereocenters. The van der Waals surface area contributed by atoms with Crippen LogP contribution in [0.1, 0.15) is 21.7 Å². The third-order valence-corrected chi connectivity index (χ3v) is 4.85. The molecule has 0 aliphatic rings. The Morgan fingerprint density at radius 2 is 1.79 bits per heavy atom. The Kier molecular flexibility index (Phi) is 4.84. The molecule has 29 heavy (non-hydrogen) atoms. The normalized spacial score (nSPS) is 11.0. The molecule has 0 aliphatic heterocycles. The second-order valence-corrected chi connectivity index (χ2v) is 6.93. The van der Waals surface area contributed by atoms with Crippen LogP contribution in [0.15, 0.2) is 66.7 Å². The van der Waals surface area contributed by atoms with Gasteiger partial charge in [-0.1, -0.05) is 24.3 Å². The highest BCUT2D eigenvalue weighted by Crippen LogP contribution is 2.23. The molecule has 0 fully saturated rings. The number of halogens is 2. The summed E-state index contributed by atoms with van der Waals surface area (Å²) >= 11 is 0. The van der Waals surface area contributed by atoms with E-state index in [1.807, 2.05) is 47.9 Å². The number of fused-ring (bicyclic) bond motifs is 1. The summed E-state index contributed by atoms with van der Waals surface area (Å²) < 4.78 is 29.0. The highest BCUT2D eigenvalue weighted by Gasteiger charge is 2.17. The number of carbonyl (C=O) groups excluding carboxylic acids is 1. The van der Waals surface area contributed by atoms with E-state index in [-0.39, 0.29) is 18.0 Å². The number of aryl methyl sites for hydroxylation is 1. The molecule has 6 heteroatoms. The summed E-state index contributed by atoms with van der Waals surface area (Å²) in [5, 5.41) is 0. The maximum absolute atomic E-state index is 13.9. The van der Waals surface area contributed by atoms with E-state index in [9.17, 15) is 13.6 Å². The minimum Gasteiger partial charge on any atom is -0.337 e. The van der Waals surface area contributed by atoms with Gasteiger partial charge in [-0.15, -0.1) is 0 Å². The lowest BCUT2D eigenvalue weighted by Crippen LogP contribution is -2.26. The maximum atomic E-state index is 13.9. The van der Waals surface area contributed by atoms with E-state index >= 15 is 0 Å². The first-order chi connectivity index (χ1) is 13.9. The molecule has 0 spiro atoms. The van der Waals surface area contributed by atoms with Crippen molar-refractivity contribution in [2.75, 3.05) is 7.05 Å². The summed E-state index contributed by atoms with van der Waals surface area (Å²) in [7, 11) is 1.59. The van der Waals surface area contributed by atoms with Gasteiger partial charge in [0.1, 0.15) is 17.5 Å². The van der Waals surface area contributed by atoms with E-state index in [0.29, 0.717) is 11.1 Å². The van der Waals surface area contributed by atoms with Gasteiger partial charge in [-0.25, -0.2) is 13.8 Å². The molecule has 1 amide bonds. The van der Waals surface area contributed by atoms with Crippen molar-refractivity contribution in [3.63, 3.8) is 0 Å². The molecule has 0 N–H and O–H groups in total. The van der Waals surface area contributed by atoms with Gasteiger partial charge in [0.15, 0.2) is 0 Å². The van der Waals surface area contributed by atoms with E-state index in [1.165, 1.54) is 17.0 Å². The van der Waals surface area contributed by atoms with E-state index in [4.69, 9.17) is 0 Å². The molecule has 3 aromatic carbocycles. The quantitative estimate of drug-likeness (QED) is 0.497. The maximum Gasteiger partial charge on any atom is 0.253 e. The molecule has 0 radical (unpaired) electrons. The molecule has 0 atom stereocenters. The zero-order valence-electron chi connectivity index (χ0n) is 16.1. The minimum atomic E-state index is -0.669. The standard InChI is InChI=1S/C23H19F2N3O/c1-15-26-21-12-16(9-11-22(21)28(15)19-6-4-3-5-7-19)23(29)27(2)14-17-8-10-18(24)13-20(17)25/h3-13H,14H2,1-2H3. The number of hydrogen-bond acceptors (Lipinski definition) is 2. The van der Waals surface area contributed by atoms with Crippen molar-refractivity contribution < 1.29 is 13.6 Å². The first-order valence-electron chi connectivity index (χ1n) is 9.18. The van der Waals surface area contributed by atoms with E-state index in [0.717, 1.165) is 23.1 Å². The Morgan fingerprint density at radius 1 is 1.03 bits per heavy atom. The Bertz CT molecular complexity index is 1200. The van der Waals surface area contributed by atoms with Gasteiger partial charge in [0.2, 0.25) is 0 Å². The van der Waals surface area contributed by atoms with Gasteiger partial charge in [0, 0.05) is 36.5 Å². The molecular weight excluding hydrogens is 372 g/mol. The van der Waals surface area contributed by atoms with Crippen molar-refractivity contribution in [3.05, 3.63) is 95.3 Å². The summed E-state index contributed by atoms with van der Waals surface area (Å²) in [4.78, 5) is 18.8. The molecular formula is C23H19F2N3O. The summed E-state index contributed by atoms with van der Waals surface area (Å²) in [5.41, 5.74) is 3.32. The molecule has 1 aromatic heterocycles. The largest absolute Gasteiger partial charge is 0.337 e. The van der Waals surface area contributed by atoms with Gasteiger partial charge in [-0.3, -0.25) is 9.36 Å². The number of benzene rings is 3. The second-order valence-electron chi connectivity index (χ2n) is 6.93. The Morgan fingerprint density at radius 3 is 2.52 bits per heavy atom. The molecule has 4 rings (SSSR count). The average Bonchev–Trinajstić information content (AvgIpc) is 3.04. The van der Waals surface area contributed by atoms with Gasteiger partial charge >= 0.3 is 0 Å². The second kappa shape index (κ2) is 7.47. The number of aromatic nitrogens is 2. The Hall–Kier alpha value is -3.54. The van der Waals surface area contributed by atoms with Crippen LogP contribution in [0, 0.1) is 18.6 Å². The van der Waals surface area contributed by atoms with E-state index < -0.39 is 11.6 Å². The Balaban J connectivity index is 1.63. The van der Waals surface area contributed by atoms with Gasteiger partial charge in [-0.2, -0.15) is 0 Å². The fraction of sp³-hybridized carbons (Fsp3) is 0.130. The number of imidazole rings is 1. The first kappa shape index (κ1) is 18.8. The molecule has 0 aliphatic carbocycles. The third kappa shape index (κ3) is 3.61. The predicted molar refractivity (Wildman–Crippen MR) is 108 cm³/mol. The van der Waals surface area contributed by atoms with Crippen LogP contribution in [-0.4, -0.2) is 27.4 Å². The number of hydrogen-bond donors (Lipinski definition) is 0. The predicted octanol–water partition coefficient (Wildman–Crippen LogP) is 4.88. The van der Waals surface area contributed by atoms with Crippen molar-refractivity contribution in [3.8, 4) is 5.69 Å². The zero-order valence-corrected chi connectivity index (χ0v) is 16.1. The van der Waals surface area contributed by atoms with Crippen LogP contribution >= 0.6 is 0 Å². The summed E-state index contributed by atoms with van der Waals surface area (Å²) in [6.07, 6.45) is 0. The van der Waals surface area contributed by atoms with Crippen LogP contribution in [0.25, 0.3) is 16.7 Å². The molecule has 1 heterocycles. The van der Waals surface area contributed by atoms with Crippen molar-refractivity contribution in [2.24, 2.45) is 0 Å². The lowest BCUT2D eigenvalue weighted by molar-refractivity contribution is 0.0784. The average molecular weight is 391 g/mol. The van der Waals surface area contributed by atoms with Gasteiger partial charge in [0.05, 0.1) is 11.0 Å². The van der Waals surface area contributed by atoms with Crippen LogP contribution in [0.4, 0.5) is 8.78 Å². The smallest absolute Gasteiger partial charge is 0.253 e. The van der Waals surface area contributed by atoms with Crippen LogP contribution in [0.3, 0.4) is 0 Å². The van der Waals surface area contributed by atoms with Crippen LogP contribution in [0.2, 0.25) is 0 Å². The minimum absolute atomic E-state index is 0.0421. The summed E-state index contributed by atoms with van der Waals surface area (Å²) in [6, 6.07) is 18.6. The van der Waals surface area contributed by atoms with Gasteiger partial charge < -0.3 is 4.90 Å². The summed E-state index contributed by atoms with van der Waals surface area (Å²) in [5.74, 6) is -0.757. The number of carbonyl (C=O) groups is 1. The fourth-order valence-corrected chi connectivity index (χ4v) is 3.43. The van der Waals surface area contributed by atoms with Crippen molar-refractivity contribution in [1.29, 1.82) is 0 Å². The number of rotatable bonds is 4. The first-order valence-corrected chi connectivity index (χ1v) is 9.18. The highest BCUT2D eigenvalue weighted by atomic mass is 19.1.